The first-order chi connectivity index (χ1) is 10.3. The van der Waals surface area contributed by atoms with Crippen molar-refractivity contribution in [3.63, 3.8) is 0 Å². The molecule has 21 heavy (non-hydrogen) atoms. The molecule has 4 aromatic heterocycles. The first-order valence-corrected chi connectivity index (χ1v) is 7.01. The molecule has 0 aliphatic heterocycles. The smallest absolute Gasteiger partial charge is 0.235 e. The van der Waals surface area contributed by atoms with Gasteiger partial charge in [-0.3, -0.25) is 9.67 Å². The first-order valence-electron chi connectivity index (χ1n) is 6.19. The topological polar surface area (TPSA) is 99.8 Å². The molecular weight excluding hydrogens is 288 g/mol. The quantitative estimate of drug-likeness (QED) is 0.607. The molecule has 4 heterocycles. The zero-order valence-corrected chi connectivity index (χ0v) is 11.6. The Balaban J connectivity index is 1.72. The van der Waals surface area contributed by atoms with Crippen LogP contribution in [0.3, 0.4) is 0 Å². The fraction of sp³-hybridized carbons (Fsp3) is 0.0833. The molecule has 0 saturated carbocycles. The van der Waals surface area contributed by atoms with Crippen molar-refractivity contribution in [3.8, 4) is 11.4 Å². The molecule has 0 unspecified atom stereocenters. The van der Waals surface area contributed by atoms with Crippen LogP contribution in [0.4, 0.5) is 5.69 Å². The van der Waals surface area contributed by atoms with Crippen LogP contribution in [-0.2, 0) is 6.54 Å². The van der Waals surface area contributed by atoms with Gasteiger partial charge in [0.2, 0.25) is 4.96 Å². The summed E-state index contributed by atoms with van der Waals surface area (Å²) in [6.07, 6.45) is 6.84. The van der Waals surface area contributed by atoms with Crippen LogP contribution in [0.1, 0.15) is 5.01 Å². The third-order valence-corrected chi connectivity index (χ3v) is 3.79. The van der Waals surface area contributed by atoms with Gasteiger partial charge in [-0.15, -0.1) is 10.2 Å². The lowest BCUT2D eigenvalue weighted by Gasteiger charge is -1.96. The predicted molar refractivity (Wildman–Crippen MR) is 77.6 cm³/mol. The molecule has 0 aliphatic carbocycles. The van der Waals surface area contributed by atoms with E-state index < -0.39 is 0 Å². The summed E-state index contributed by atoms with van der Waals surface area (Å²) in [5.74, 6) is 0.681. The van der Waals surface area contributed by atoms with Gasteiger partial charge in [0, 0.05) is 24.2 Å². The Bertz CT molecular complexity index is 890. The Labute approximate surface area is 122 Å². The highest BCUT2D eigenvalue weighted by atomic mass is 32.1. The molecule has 0 atom stereocenters. The number of aromatic nitrogens is 7. The lowest BCUT2D eigenvalue weighted by molar-refractivity contribution is 0.673. The highest BCUT2D eigenvalue weighted by molar-refractivity contribution is 7.16. The number of rotatable bonds is 3. The monoisotopic (exact) mass is 298 g/mol. The van der Waals surface area contributed by atoms with E-state index in [0.29, 0.717) is 18.1 Å². The molecule has 9 heteroatoms. The average Bonchev–Trinajstić information content (AvgIpc) is 3.16. The maximum absolute atomic E-state index is 5.65. The minimum Gasteiger partial charge on any atom is -0.396 e. The summed E-state index contributed by atoms with van der Waals surface area (Å²) in [6.45, 7) is 0.553. The maximum atomic E-state index is 5.65. The molecule has 4 rings (SSSR count). The van der Waals surface area contributed by atoms with E-state index in [4.69, 9.17) is 5.73 Å². The van der Waals surface area contributed by atoms with Crippen LogP contribution in [-0.4, -0.2) is 34.6 Å². The molecule has 0 amide bonds. The standard InChI is InChI=1S/C12H10N8S/c13-9-5-15-19(6-9)7-10-18-20-11(16-17-12(20)21-10)8-2-1-3-14-4-8/h1-6H,7,13H2. The van der Waals surface area contributed by atoms with E-state index in [1.54, 1.807) is 34.0 Å². The van der Waals surface area contributed by atoms with Crippen molar-refractivity contribution in [2.24, 2.45) is 0 Å². The van der Waals surface area contributed by atoms with Crippen LogP contribution >= 0.6 is 11.3 Å². The van der Waals surface area contributed by atoms with E-state index in [-0.39, 0.29) is 0 Å². The van der Waals surface area contributed by atoms with Gasteiger partial charge in [-0.2, -0.15) is 14.7 Å². The molecule has 0 bridgehead atoms. The molecule has 8 nitrogen and oxygen atoms in total. The SMILES string of the molecule is Nc1cnn(Cc2nn3c(-c4cccnc4)nnc3s2)c1. The van der Waals surface area contributed by atoms with E-state index in [1.165, 1.54) is 11.3 Å². The molecule has 0 saturated heterocycles. The molecular formula is C12H10N8S. The van der Waals surface area contributed by atoms with E-state index in [2.05, 4.69) is 25.4 Å². The van der Waals surface area contributed by atoms with E-state index in [1.807, 2.05) is 12.1 Å². The number of anilines is 1. The van der Waals surface area contributed by atoms with Crippen LogP contribution in [0, 0.1) is 0 Å². The van der Waals surface area contributed by atoms with Crippen LogP contribution in [0.15, 0.2) is 36.9 Å². The minimum atomic E-state index is 0.553. The minimum absolute atomic E-state index is 0.553. The fourth-order valence-electron chi connectivity index (χ4n) is 2.00. The lowest BCUT2D eigenvalue weighted by atomic mass is 10.3. The average molecular weight is 298 g/mol. The summed E-state index contributed by atoms with van der Waals surface area (Å²) < 4.78 is 3.47. The van der Waals surface area contributed by atoms with Crippen molar-refractivity contribution < 1.29 is 0 Å². The molecule has 0 aromatic carbocycles. The summed E-state index contributed by atoms with van der Waals surface area (Å²) >= 11 is 1.47. The number of nitrogen functional groups attached to an aromatic ring is 1. The van der Waals surface area contributed by atoms with Crippen LogP contribution in [0.2, 0.25) is 0 Å². The number of fused-ring (bicyclic) bond motifs is 1. The summed E-state index contributed by atoms with van der Waals surface area (Å²) in [7, 11) is 0. The van der Waals surface area contributed by atoms with Gasteiger partial charge in [0.15, 0.2) is 5.82 Å². The van der Waals surface area contributed by atoms with Gasteiger partial charge in [0.1, 0.15) is 5.01 Å². The van der Waals surface area contributed by atoms with Gasteiger partial charge in [-0.25, -0.2) is 0 Å². The number of pyridine rings is 1. The van der Waals surface area contributed by atoms with Gasteiger partial charge in [0.25, 0.3) is 0 Å². The molecule has 0 aliphatic rings. The Morgan fingerprint density at radius 1 is 1.24 bits per heavy atom. The molecule has 0 radical (unpaired) electrons. The van der Waals surface area contributed by atoms with Crippen molar-refractivity contribution in [2.75, 3.05) is 5.73 Å². The summed E-state index contributed by atoms with van der Waals surface area (Å²) in [6, 6.07) is 3.78. The van der Waals surface area contributed by atoms with Crippen LogP contribution in [0.5, 0.6) is 0 Å². The Morgan fingerprint density at radius 2 is 2.19 bits per heavy atom. The fourth-order valence-corrected chi connectivity index (χ4v) is 2.83. The maximum Gasteiger partial charge on any atom is 0.235 e. The molecule has 104 valence electrons. The predicted octanol–water partition coefficient (Wildman–Crippen LogP) is 1.07. The number of hydrogen-bond donors (Lipinski definition) is 1. The van der Waals surface area contributed by atoms with E-state index in [9.17, 15) is 0 Å². The number of nitrogens with two attached hydrogens (primary N) is 1. The zero-order chi connectivity index (χ0) is 14.2. The Hall–Kier alpha value is -2.81. The number of nitrogens with zero attached hydrogens (tertiary/aromatic N) is 7. The third-order valence-electron chi connectivity index (χ3n) is 2.90. The second-order valence-electron chi connectivity index (χ2n) is 4.43. The van der Waals surface area contributed by atoms with Gasteiger partial charge in [0.05, 0.1) is 18.4 Å². The molecule has 0 fully saturated rings. The Morgan fingerprint density at radius 3 is 2.95 bits per heavy atom. The molecule has 0 spiro atoms. The summed E-state index contributed by atoms with van der Waals surface area (Å²) in [5.41, 5.74) is 7.17. The Kier molecular flexibility index (Phi) is 2.64. The highest BCUT2D eigenvalue weighted by Crippen LogP contribution is 2.21. The highest BCUT2D eigenvalue weighted by Gasteiger charge is 2.13. The normalized spacial score (nSPS) is 11.2. The second kappa shape index (κ2) is 4.63. The van der Waals surface area contributed by atoms with Gasteiger partial charge in [-0.05, 0) is 12.1 Å². The van der Waals surface area contributed by atoms with E-state index in [0.717, 1.165) is 15.5 Å². The van der Waals surface area contributed by atoms with Crippen LogP contribution < -0.4 is 5.73 Å². The van der Waals surface area contributed by atoms with Gasteiger partial charge < -0.3 is 5.73 Å². The van der Waals surface area contributed by atoms with E-state index >= 15 is 0 Å². The largest absolute Gasteiger partial charge is 0.396 e. The van der Waals surface area contributed by atoms with Crippen LogP contribution in [0.25, 0.3) is 16.3 Å². The lowest BCUT2D eigenvalue weighted by Crippen LogP contribution is -2.01. The van der Waals surface area contributed by atoms with Crippen molar-refractivity contribution in [3.05, 3.63) is 41.9 Å². The number of hydrogen-bond acceptors (Lipinski definition) is 7. The van der Waals surface area contributed by atoms with Gasteiger partial charge >= 0.3 is 0 Å². The van der Waals surface area contributed by atoms with Crippen molar-refractivity contribution in [1.82, 2.24) is 34.6 Å². The van der Waals surface area contributed by atoms with Gasteiger partial charge in [-0.1, -0.05) is 11.3 Å². The molecule has 2 N–H and O–H groups in total. The summed E-state index contributed by atoms with van der Waals surface area (Å²) in [5, 5.41) is 17.9. The summed E-state index contributed by atoms with van der Waals surface area (Å²) in [4.78, 5) is 4.83. The first kappa shape index (κ1) is 12.0. The zero-order valence-electron chi connectivity index (χ0n) is 10.8. The van der Waals surface area contributed by atoms with Crippen molar-refractivity contribution in [2.45, 2.75) is 6.54 Å². The van der Waals surface area contributed by atoms with Crippen molar-refractivity contribution in [1.29, 1.82) is 0 Å². The molecule has 4 aromatic rings. The third kappa shape index (κ3) is 2.13. The second-order valence-corrected chi connectivity index (χ2v) is 5.47. The van der Waals surface area contributed by atoms with Crippen molar-refractivity contribution >= 4 is 22.0 Å².